The number of pyridine rings is 1. The van der Waals surface area contributed by atoms with Crippen LogP contribution in [-0.4, -0.2) is 26.7 Å². The van der Waals surface area contributed by atoms with E-state index >= 15 is 0 Å². The topological polar surface area (TPSA) is 68.2 Å². The van der Waals surface area contributed by atoms with Crippen molar-refractivity contribution in [2.75, 3.05) is 11.9 Å². The van der Waals surface area contributed by atoms with Gasteiger partial charge in [0.15, 0.2) is 5.65 Å². The number of aromatic nitrogens is 3. The van der Waals surface area contributed by atoms with Gasteiger partial charge in [-0.1, -0.05) is 19.9 Å². The van der Waals surface area contributed by atoms with Gasteiger partial charge in [-0.05, 0) is 25.0 Å². The van der Waals surface area contributed by atoms with E-state index in [4.69, 9.17) is 5.73 Å². The predicted octanol–water partition coefficient (Wildman–Crippen LogP) is 1.66. The van der Waals surface area contributed by atoms with Gasteiger partial charge in [0, 0.05) is 18.3 Å². The van der Waals surface area contributed by atoms with E-state index in [1.807, 2.05) is 24.4 Å². The normalized spacial score (nSPS) is 11.9. The second-order valence-corrected chi connectivity index (χ2v) is 4.36. The van der Waals surface area contributed by atoms with Crippen LogP contribution >= 0.6 is 0 Å². The summed E-state index contributed by atoms with van der Waals surface area (Å²) in [5, 5.41) is 7.53. The molecule has 2 aromatic rings. The number of hydrogen-bond donors (Lipinski definition) is 2. The lowest BCUT2D eigenvalue weighted by molar-refractivity contribution is 0.417. The Labute approximate surface area is 101 Å². The molecule has 0 bridgehead atoms. The van der Waals surface area contributed by atoms with Crippen molar-refractivity contribution < 1.29 is 0 Å². The van der Waals surface area contributed by atoms with Crippen molar-refractivity contribution in [1.82, 2.24) is 14.6 Å². The van der Waals surface area contributed by atoms with Crippen LogP contribution in [0.15, 0.2) is 24.4 Å². The molecule has 5 nitrogen and oxygen atoms in total. The molecule has 17 heavy (non-hydrogen) atoms. The highest BCUT2D eigenvalue weighted by molar-refractivity contribution is 5.42. The Kier molecular flexibility index (Phi) is 3.28. The van der Waals surface area contributed by atoms with Gasteiger partial charge in [-0.2, -0.15) is 4.98 Å². The second kappa shape index (κ2) is 4.71. The molecule has 0 spiro atoms. The molecule has 0 atom stereocenters. The first-order chi connectivity index (χ1) is 8.17. The molecule has 0 unspecified atom stereocenters. The van der Waals surface area contributed by atoms with Gasteiger partial charge in [0.2, 0.25) is 5.95 Å². The quantitative estimate of drug-likeness (QED) is 0.824. The molecule has 3 N–H and O–H groups in total. The van der Waals surface area contributed by atoms with Crippen molar-refractivity contribution in [3.8, 4) is 0 Å². The Morgan fingerprint density at radius 2 is 2.12 bits per heavy atom. The van der Waals surface area contributed by atoms with Gasteiger partial charge in [-0.3, -0.25) is 0 Å². The maximum absolute atomic E-state index is 6.21. The van der Waals surface area contributed by atoms with E-state index in [1.54, 1.807) is 4.52 Å². The molecular weight excluding hydrogens is 214 g/mol. The van der Waals surface area contributed by atoms with E-state index < -0.39 is 0 Å². The summed E-state index contributed by atoms with van der Waals surface area (Å²) >= 11 is 0. The van der Waals surface area contributed by atoms with E-state index in [0.29, 0.717) is 12.5 Å². The molecule has 0 saturated heterocycles. The van der Waals surface area contributed by atoms with Crippen LogP contribution in [0.3, 0.4) is 0 Å². The molecule has 5 heteroatoms. The highest BCUT2D eigenvalue weighted by Crippen LogP contribution is 2.12. The fourth-order valence-electron chi connectivity index (χ4n) is 1.66. The fourth-order valence-corrected chi connectivity index (χ4v) is 1.66. The van der Waals surface area contributed by atoms with Crippen molar-refractivity contribution >= 4 is 11.6 Å². The lowest BCUT2D eigenvalue weighted by Crippen LogP contribution is -2.45. The third-order valence-electron chi connectivity index (χ3n) is 3.25. The summed E-state index contributed by atoms with van der Waals surface area (Å²) in [5.41, 5.74) is 6.87. The monoisotopic (exact) mass is 233 g/mol. The first-order valence-corrected chi connectivity index (χ1v) is 6.01. The SMILES string of the molecule is CCC(N)(CC)CNc1nc2ccccn2n1. The van der Waals surface area contributed by atoms with Crippen LogP contribution in [0.1, 0.15) is 26.7 Å². The third kappa shape index (κ3) is 2.55. The van der Waals surface area contributed by atoms with Gasteiger partial charge in [-0.25, -0.2) is 4.52 Å². The number of anilines is 1. The first-order valence-electron chi connectivity index (χ1n) is 6.01. The van der Waals surface area contributed by atoms with Crippen molar-refractivity contribution in [2.45, 2.75) is 32.2 Å². The zero-order valence-electron chi connectivity index (χ0n) is 10.3. The molecule has 2 aromatic heterocycles. The first kappa shape index (κ1) is 11.9. The minimum absolute atomic E-state index is 0.183. The van der Waals surface area contributed by atoms with Crippen molar-refractivity contribution in [2.24, 2.45) is 5.73 Å². The molecule has 0 aliphatic carbocycles. The van der Waals surface area contributed by atoms with Gasteiger partial charge < -0.3 is 11.1 Å². The van der Waals surface area contributed by atoms with E-state index in [0.717, 1.165) is 18.5 Å². The smallest absolute Gasteiger partial charge is 0.243 e. The van der Waals surface area contributed by atoms with Crippen LogP contribution < -0.4 is 11.1 Å². The molecule has 0 amide bonds. The van der Waals surface area contributed by atoms with Gasteiger partial charge in [-0.15, -0.1) is 5.10 Å². The van der Waals surface area contributed by atoms with Crippen LogP contribution in [0.5, 0.6) is 0 Å². The number of rotatable bonds is 5. The molecule has 0 aromatic carbocycles. The second-order valence-electron chi connectivity index (χ2n) is 4.36. The molecule has 2 heterocycles. The van der Waals surface area contributed by atoms with Crippen LogP contribution in [0.2, 0.25) is 0 Å². The zero-order valence-corrected chi connectivity index (χ0v) is 10.3. The molecule has 0 saturated carbocycles. The number of fused-ring (bicyclic) bond motifs is 1. The zero-order chi connectivity index (χ0) is 12.3. The highest BCUT2D eigenvalue weighted by Gasteiger charge is 2.20. The lowest BCUT2D eigenvalue weighted by atomic mass is 9.94. The average Bonchev–Trinajstić information content (AvgIpc) is 2.79. The maximum atomic E-state index is 6.21. The van der Waals surface area contributed by atoms with E-state index in [1.165, 1.54) is 0 Å². The summed E-state index contributed by atoms with van der Waals surface area (Å²) in [7, 11) is 0. The highest BCUT2D eigenvalue weighted by atomic mass is 15.3. The average molecular weight is 233 g/mol. The van der Waals surface area contributed by atoms with E-state index in [9.17, 15) is 0 Å². The minimum Gasteiger partial charge on any atom is -0.351 e. The van der Waals surface area contributed by atoms with Gasteiger partial charge in [0.1, 0.15) is 0 Å². The molecule has 0 aliphatic rings. The number of nitrogens with zero attached hydrogens (tertiary/aromatic N) is 3. The molecule has 92 valence electrons. The van der Waals surface area contributed by atoms with Crippen LogP contribution in [-0.2, 0) is 0 Å². The van der Waals surface area contributed by atoms with Crippen LogP contribution in [0.25, 0.3) is 5.65 Å². The summed E-state index contributed by atoms with van der Waals surface area (Å²) in [4.78, 5) is 4.37. The van der Waals surface area contributed by atoms with Gasteiger partial charge in [0.05, 0.1) is 0 Å². The summed E-state index contributed by atoms with van der Waals surface area (Å²) < 4.78 is 1.75. The molecule has 2 rings (SSSR count). The Morgan fingerprint density at radius 1 is 1.35 bits per heavy atom. The standard InChI is InChI=1S/C12H19N5/c1-3-12(13,4-2)9-14-11-15-10-7-5-6-8-17(10)16-11/h5-8H,3-4,9,13H2,1-2H3,(H,14,16). The summed E-state index contributed by atoms with van der Waals surface area (Å²) in [6, 6.07) is 5.80. The molecule has 0 aliphatic heterocycles. The third-order valence-corrected chi connectivity index (χ3v) is 3.25. The minimum atomic E-state index is -0.183. The Morgan fingerprint density at radius 3 is 2.76 bits per heavy atom. The van der Waals surface area contributed by atoms with E-state index in [-0.39, 0.29) is 5.54 Å². The Bertz CT molecular complexity index is 453. The summed E-state index contributed by atoms with van der Waals surface area (Å²) in [6.07, 6.45) is 3.75. The maximum Gasteiger partial charge on any atom is 0.243 e. The molecular formula is C12H19N5. The van der Waals surface area contributed by atoms with E-state index in [2.05, 4.69) is 29.2 Å². The van der Waals surface area contributed by atoms with Crippen molar-refractivity contribution in [1.29, 1.82) is 0 Å². The molecule has 0 radical (unpaired) electrons. The lowest BCUT2D eigenvalue weighted by Gasteiger charge is -2.26. The van der Waals surface area contributed by atoms with Gasteiger partial charge >= 0.3 is 0 Å². The summed E-state index contributed by atoms with van der Waals surface area (Å²) in [6.45, 7) is 4.89. The number of hydrogen-bond acceptors (Lipinski definition) is 4. The largest absolute Gasteiger partial charge is 0.351 e. The van der Waals surface area contributed by atoms with Crippen LogP contribution in [0.4, 0.5) is 5.95 Å². The fraction of sp³-hybridized carbons (Fsp3) is 0.500. The predicted molar refractivity (Wildman–Crippen MR) is 69.0 cm³/mol. The number of nitrogens with one attached hydrogen (secondary N) is 1. The van der Waals surface area contributed by atoms with Crippen LogP contribution in [0, 0.1) is 0 Å². The van der Waals surface area contributed by atoms with Crippen molar-refractivity contribution in [3.05, 3.63) is 24.4 Å². The van der Waals surface area contributed by atoms with Gasteiger partial charge in [0.25, 0.3) is 0 Å². The Balaban J connectivity index is 2.09. The number of nitrogens with two attached hydrogens (primary N) is 1. The van der Waals surface area contributed by atoms with Crippen molar-refractivity contribution in [3.63, 3.8) is 0 Å². The molecule has 0 fully saturated rings. The Hall–Kier alpha value is -1.62. The summed E-state index contributed by atoms with van der Waals surface area (Å²) in [5.74, 6) is 0.632.